The van der Waals surface area contributed by atoms with E-state index < -0.39 is 0 Å². The van der Waals surface area contributed by atoms with Gasteiger partial charge in [0.15, 0.2) is 0 Å². The van der Waals surface area contributed by atoms with E-state index in [0.717, 1.165) is 10.5 Å². The van der Waals surface area contributed by atoms with Crippen molar-refractivity contribution in [2.24, 2.45) is 0 Å². The van der Waals surface area contributed by atoms with Gasteiger partial charge in [0.1, 0.15) is 0 Å². The molecule has 1 nitrogen and oxygen atoms in total. The van der Waals surface area contributed by atoms with Crippen molar-refractivity contribution < 1.29 is 0 Å². The summed E-state index contributed by atoms with van der Waals surface area (Å²) in [6.07, 6.45) is 4.07. The summed E-state index contributed by atoms with van der Waals surface area (Å²) in [4.78, 5) is 2.49. The fourth-order valence-electron chi connectivity index (χ4n) is 5.24. The summed E-state index contributed by atoms with van der Waals surface area (Å²) in [5, 5.41) is 2.75. The molecule has 0 saturated carbocycles. The van der Waals surface area contributed by atoms with Crippen molar-refractivity contribution in [3.63, 3.8) is 0 Å². The van der Waals surface area contributed by atoms with E-state index in [4.69, 9.17) is 12.6 Å². The molecule has 2 aromatic carbocycles. The third-order valence-corrected chi connectivity index (χ3v) is 9.89. The predicted octanol–water partition coefficient (Wildman–Crippen LogP) is 13.9. The quantitative estimate of drug-likeness (QED) is 0.196. The number of thioether (sulfide) groups is 1. The molecule has 0 atom stereocenters. The first-order valence-electron chi connectivity index (χ1n) is 17.0. The Kier molecular flexibility index (Phi) is 19.8. The minimum Gasteiger partial charge on any atom is -0.323 e. The number of thiol groups is 1. The molecular formula is C42H69NS2. The number of allylic oxidation sites excluding steroid dienone is 4. The lowest BCUT2D eigenvalue weighted by Crippen LogP contribution is -2.06. The molecule has 254 valence electrons. The second-order valence-corrected chi connectivity index (χ2v) is 15.7. The molecule has 0 saturated heterocycles. The lowest BCUT2D eigenvalue weighted by molar-refractivity contribution is 0.799. The highest BCUT2D eigenvalue weighted by Gasteiger charge is 2.20. The maximum atomic E-state index is 4.82. The summed E-state index contributed by atoms with van der Waals surface area (Å²) >= 11 is 6.68. The van der Waals surface area contributed by atoms with Crippen LogP contribution in [0.5, 0.6) is 0 Å². The van der Waals surface area contributed by atoms with Crippen LogP contribution in [0, 0.1) is 0 Å². The molecule has 2 aromatic rings. The Hall–Kier alpha value is -1.68. The largest absolute Gasteiger partial charge is 0.323 e. The van der Waals surface area contributed by atoms with Crippen LogP contribution in [0.4, 0.5) is 0 Å². The van der Waals surface area contributed by atoms with Crippen LogP contribution in [0.3, 0.4) is 0 Å². The van der Waals surface area contributed by atoms with Crippen LogP contribution in [-0.2, 0) is 0 Å². The van der Waals surface area contributed by atoms with Crippen LogP contribution in [0.25, 0.3) is 10.5 Å². The monoisotopic (exact) mass is 651 g/mol. The second kappa shape index (κ2) is 20.5. The van der Waals surface area contributed by atoms with Crippen LogP contribution in [-0.4, -0.2) is 20.4 Å². The fourth-order valence-corrected chi connectivity index (χ4v) is 6.00. The van der Waals surface area contributed by atoms with Gasteiger partial charge in [0.25, 0.3) is 0 Å². The number of rotatable bonds is 10. The SMILES string of the molecule is C=C/C(C)=C(\S)c1c(C(C)C)cc(C(C)C)cc1C(C)C.CNC.CS/C(C)=C(\C)c1c(C(C)C)cc(C(C)C)cc1C(C)C. The maximum absolute atomic E-state index is 4.82. The van der Waals surface area contributed by atoms with E-state index in [-0.39, 0.29) is 0 Å². The van der Waals surface area contributed by atoms with E-state index in [0.29, 0.717) is 35.5 Å². The molecule has 0 heterocycles. The summed E-state index contributed by atoms with van der Waals surface area (Å²) < 4.78 is 0. The lowest BCUT2D eigenvalue weighted by atomic mass is 9.82. The van der Waals surface area contributed by atoms with E-state index in [1.165, 1.54) is 55.0 Å². The van der Waals surface area contributed by atoms with Gasteiger partial charge in [0.2, 0.25) is 0 Å². The zero-order valence-electron chi connectivity index (χ0n) is 32.4. The van der Waals surface area contributed by atoms with Gasteiger partial charge in [0, 0.05) is 4.91 Å². The van der Waals surface area contributed by atoms with Gasteiger partial charge in [-0.2, -0.15) is 0 Å². The van der Waals surface area contributed by atoms with Crippen molar-refractivity contribution >= 4 is 34.9 Å². The highest BCUT2D eigenvalue weighted by molar-refractivity contribution is 8.02. The summed E-state index contributed by atoms with van der Waals surface area (Å²) in [6.45, 7) is 37.9. The number of benzene rings is 2. The molecule has 0 unspecified atom stereocenters. The first kappa shape index (κ1) is 43.3. The van der Waals surface area contributed by atoms with E-state index >= 15 is 0 Å². The Morgan fingerprint density at radius 2 is 0.911 bits per heavy atom. The number of hydrogen-bond donors (Lipinski definition) is 2. The first-order chi connectivity index (χ1) is 20.8. The Balaban J connectivity index is 0.000000791. The average Bonchev–Trinajstić information content (AvgIpc) is 2.98. The van der Waals surface area contributed by atoms with Crippen molar-refractivity contribution in [2.75, 3.05) is 20.4 Å². The molecule has 2 rings (SSSR count). The van der Waals surface area contributed by atoms with Gasteiger partial charge in [-0.05, 0) is 137 Å². The summed E-state index contributed by atoms with van der Waals surface area (Å²) in [7, 11) is 3.75. The molecule has 0 spiro atoms. The van der Waals surface area contributed by atoms with Crippen LogP contribution in [0.15, 0.2) is 47.4 Å². The number of nitrogens with one attached hydrogen (secondary N) is 1. The molecule has 3 heteroatoms. The molecule has 0 radical (unpaired) electrons. The van der Waals surface area contributed by atoms with Gasteiger partial charge in [-0.15, -0.1) is 24.4 Å². The molecule has 1 N–H and O–H groups in total. The second-order valence-electron chi connectivity index (χ2n) is 14.2. The molecule has 0 amide bonds. The summed E-state index contributed by atoms with van der Waals surface area (Å²) in [6, 6.07) is 9.60. The molecule has 0 aromatic heterocycles. The molecule has 0 aliphatic heterocycles. The Morgan fingerprint density at radius 3 is 1.13 bits per heavy atom. The van der Waals surface area contributed by atoms with Gasteiger partial charge in [0.05, 0.1) is 0 Å². The molecule has 0 bridgehead atoms. The van der Waals surface area contributed by atoms with Crippen molar-refractivity contribution in [2.45, 2.75) is 139 Å². The van der Waals surface area contributed by atoms with E-state index in [1.807, 2.05) is 31.9 Å². The maximum Gasteiger partial charge on any atom is 0.0147 e. The molecule has 0 aliphatic carbocycles. The van der Waals surface area contributed by atoms with E-state index in [2.05, 4.69) is 146 Å². The Bertz CT molecular complexity index is 1230. The highest BCUT2D eigenvalue weighted by atomic mass is 32.2. The van der Waals surface area contributed by atoms with Crippen LogP contribution < -0.4 is 5.32 Å². The minimum absolute atomic E-state index is 0.482. The molecular weight excluding hydrogens is 583 g/mol. The van der Waals surface area contributed by atoms with Gasteiger partial charge < -0.3 is 5.32 Å². The first-order valence-corrected chi connectivity index (χ1v) is 18.7. The Labute approximate surface area is 290 Å². The van der Waals surface area contributed by atoms with Crippen LogP contribution in [0.1, 0.15) is 184 Å². The average molecular weight is 652 g/mol. The number of hydrogen-bond acceptors (Lipinski definition) is 3. The van der Waals surface area contributed by atoms with E-state index in [1.54, 1.807) is 0 Å². The van der Waals surface area contributed by atoms with Crippen LogP contribution in [0.2, 0.25) is 0 Å². The third-order valence-electron chi connectivity index (χ3n) is 8.39. The third kappa shape index (κ3) is 12.5. The summed E-state index contributed by atoms with van der Waals surface area (Å²) in [5.74, 6) is 3.20. The molecule has 45 heavy (non-hydrogen) atoms. The van der Waals surface area contributed by atoms with Gasteiger partial charge in [-0.25, -0.2) is 0 Å². The normalized spacial score (nSPS) is 12.7. The van der Waals surface area contributed by atoms with Gasteiger partial charge in [-0.3, -0.25) is 0 Å². The van der Waals surface area contributed by atoms with Crippen LogP contribution >= 0.6 is 24.4 Å². The topological polar surface area (TPSA) is 12.0 Å². The summed E-state index contributed by atoms with van der Waals surface area (Å²) in [5.41, 5.74) is 14.1. The predicted molar refractivity (Wildman–Crippen MR) is 216 cm³/mol. The molecule has 0 aliphatic rings. The molecule has 0 fully saturated rings. The smallest absolute Gasteiger partial charge is 0.0147 e. The highest BCUT2D eigenvalue weighted by Crippen LogP contribution is 2.40. The zero-order valence-corrected chi connectivity index (χ0v) is 34.1. The Morgan fingerprint density at radius 1 is 0.622 bits per heavy atom. The fraction of sp³-hybridized carbons (Fsp3) is 0.571. The van der Waals surface area contributed by atoms with Crippen molar-refractivity contribution in [1.82, 2.24) is 5.32 Å². The van der Waals surface area contributed by atoms with Crippen molar-refractivity contribution in [1.29, 1.82) is 0 Å². The standard InChI is InChI=1S/C20H32S.C20H30S.C2H7N/c1-12(2)17-10-18(13(3)4)20(15(7)16(8)21-9)19(11-17)14(5)6;1-9-15(8)20(21)19-17(13(4)5)10-16(12(2)3)11-18(19)14(6)7;1-3-2/h10-14H,1-9H3;9-14,21H,1H2,2-8H3;3H,1-2H3/b16-15+;20-15-;. The lowest BCUT2D eigenvalue weighted by Gasteiger charge is -2.24. The minimum atomic E-state index is 0.482. The van der Waals surface area contributed by atoms with Crippen molar-refractivity contribution in [3.8, 4) is 0 Å². The van der Waals surface area contributed by atoms with E-state index in [9.17, 15) is 0 Å². The zero-order chi connectivity index (χ0) is 35.3. The van der Waals surface area contributed by atoms with Crippen molar-refractivity contribution in [3.05, 3.63) is 91.9 Å². The van der Waals surface area contributed by atoms with Gasteiger partial charge >= 0.3 is 0 Å². The van der Waals surface area contributed by atoms with Gasteiger partial charge in [-0.1, -0.05) is 120 Å².